The number of tetrazole rings is 1. The number of ether oxygens (including phenoxy) is 4. The molecule has 0 amide bonds. The number of benzene rings is 1. The fourth-order valence-corrected chi connectivity index (χ4v) is 6.93. The van der Waals surface area contributed by atoms with Gasteiger partial charge in [0, 0.05) is 36.8 Å². The number of hydrogen-bond acceptors (Lipinski definition) is 12. The molecule has 0 spiro atoms. The van der Waals surface area contributed by atoms with E-state index < -0.39 is 0 Å². The minimum atomic E-state index is -0.216. The van der Waals surface area contributed by atoms with Gasteiger partial charge in [0.05, 0.1) is 61.5 Å². The van der Waals surface area contributed by atoms with Crippen molar-refractivity contribution in [2.45, 2.75) is 83.4 Å². The normalized spacial score (nSPS) is 24.2. The second-order valence-corrected chi connectivity index (χ2v) is 13.6. The number of rotatable bonds is 12. The molecule has 256 valence electrons. The molecule has 0 unspecified atom stereocenters. The lowest BCUT2D eigenvalue weighted by Gasteiger charge is -2.42. The predicted molar refractivity (Wildman–Crippen MR) is 179 cm³/mol. The molecule has 2 aliphatic heterocycles. The highest BCUT2D eigenvalue weighted by Crippen LogP contribution is 2.36. The minimum Gasteiger partial charge on any atom is -0.487 e. The zero-order valence-corrected chi connectivity index (χ0v) is 28.4. The van der Waals surface area contributed by atoms with Crippen LogP contribution in [0, 0.1) is 5.92 Å². The van der Waals surface area contributed by atoms with Crippen molar-refractivity contribution in [2.24, 2.45) is 5.92 Å². The van der Waals surface area contributed by atoms with E-state index in [1.807, 2.05) is 31.3 Å². The van der Waals surface area contributed by atoms with Crippen LogP contribution in [0.25, 0.3) is 11.3 Å². The van der Waals surface area contributed by atoms with Crippen molar-refractivity contribution in [1.29, 1.82) is 0 Å². The number of nitrogens with zero attached hydrogens (tertiary/aromatic N) is 9. The number of aromatic nitrogens is 8. The third-order valence-electron chi connectivity index (χ3n) is 9.16. The molecule has 48 heavy (non-hydrogen) atoms. The molecule has 2 saturated heterocycles. The van der Waals surface area contributed by atoms with Crippen LogP contribution in [-0.2, 0) is 16.0 Å². The largest absolute Gasteiger partial charge is 0.487 e. The summed E-state index contributed by atoms with van der Waals surface area (Å²) in [5.74, 6) is 1.90. The third kappa shape index (κ3) is 7.88. The van der Waals surface area contributed by atoms with E-state index in [4.69, 9.17) is 40.6 Å². The molecule has 5 heterocycles. The number of hydrogen-bond donors (Lipinski definition) is 1. The first kappa shape index (κ1) is 32.7. The Kier molecular flexibility index (Phi) is 10.0. The topological polar surface area (TPSA) is 139 Å². The smallest absolute Gasteiger partial charge is 0.256 e. The van der Waals surface area contributed by atoms with E-state index >= 15 is 0 Å². The summed E-state index contributed by atoms with van der Waals surface area (Å²) in [6.07, 6.45) is 10.0. The van der Waals surface area contributed by atoms with E-state index in [1.54, 1.807) is 23.3 Å². The fourth-order valence-electron chi connectivity index (χ4n) is 6.77. The van der Waals surface area contributed by atoms with Crippen LogP contribution in [0.2, 0.25) is 5.02 Å². The highest BCUT2D eigenvalue weighted by Gasteiger charge is 2.32. The van der Waals surface area contributed by atoms with Gasteiger partial charge in [-0.25, -0.2) is 14.6 Å². The van der Waals surface area contributed by atoms with Gasteiger partial charge in [0.1, 0.15) is 23.9 Å². The van der Waals surface area contributed by atoms with Crippen LogP contribution in [0.3, 0.4) is 0 Å². The van der Waals surface area contributed by atoms with Gasteiger partial charge in [0.15, 0.2) is 0 Å². The zero-order valence-electron chi connectivity index (χ0n) is 27.6. The summed E-state index contributed by atoms with van der Waals surface area (Å²) in [6.45, 7) is 10.7. The second-order valence-electron chi connectivity index (χ2n) is 13.2. The summed E-state index contributed by atoms with van der Waals surface area (Å²) < 4.78 is 27.4. The van der Waals surface area contributed by atoms with Crippen molar-refractivity contribution in [1.82, 2.24) is 44.9 Å². The maximum atomic E-state index is 6.50. The maximum Gasteiger partial charge on any atom is 0.256 e. The van der Waals surface area contributed by atoms with Crippen LogP contribution < -0.4 is 14.8 Å². The Morgan fingerprint density at radius 3 is 2.58 bits per heavy atom. The van der Waals surface area contributed by atoms with Gasteiger partial charge in [0.2, 0.25) is 5.95 Å². The van der Waals surface area contributed by atoms with Gasteiger partial charge in [0.25, 0.3) is 5.88 Å². The third-order valence-corrected chi connectivity index (χ3v) is 9.47. The van der Waals surface area contributed by atoms with Gasteiger partial charge >= 0.3 is 0 Å². The van der Waals surface area contributed by atoms with Crippen molar-refractivity contribution < 1.29 is 18.9 Å². The van der Waals surface area contributed by atoms with Gasteiger partial charge in [-0.05, 0) is 75.1 Å². The van der Waals surface area contributed by atoms with E-state index in [-0.39, 0.29) is 18.3 Å². The summed E-state index contributed by atoms with van der Waals surface area (Å²) in [5.41, 5.74) is 2.29. The Hall–Kier alpha value is -3.85. The molecule has 3 aliphatic rings. The van der Waals surface area contributed by atoms with E-state index in [9.17, 15) is 0 Å². The highest BCUT2D eigenvalue weighted by atomic mass is 35.5. The average Bonchev–Trinajstić information content (AvgIpc) is 3.71. The number of nitrogens with one attached hydrogen (secondary N) is 1. The number of halogens is 1. The summed E-state index contributed by atoms with van der Waals surface area (Å²) in [4.78, 5) is 12.0. The van der Waals surface area contributed by atoms with Gasteiger partial charge in [-0.15, -0.1) is 10.2 Å². The summed E-state index contributed by atoms with van der Waals surface area (Å²) in [6, 6.07) is 8.34. The lowest BCUT2D eigenvalue weighted by molar-refractivity contribution is -0.0852. The summed E-state index contributed by atoms with van der Waals surface area (Å²) >= 11 is 6.50. The van der Waals surface area contributed by atoms with Crippen LogP contribution >= 0.6 is 11.6 Å². The quantitative estimate of drug-likeness (QED) is 0.220. The van der Waals surface area contributed by atoms with Crippen molar-refractivity contribution >= 4 is 23.2 Å². The Bertz CT molecular complexity index is 1630. The van der Waals surface area contributed by atoms with Crippen LogP contribution in [0.1, 0.15) is 52.5 Å². The molecule has 1 saturated carbocycles. The first-order valence-corrected chi connectivity index (χ1v) is 17.2. The van der Waals surface area contributed by atoms with Crippen molar-refractivity contribution in [3.8, 4) is 22.9 Å². The standard InChI is InChI=1S/C33H43ClN10O4/c1-21-13-42(14-22(2)47-21)26-5-7-27(8-6-26)44-16-30(32(39-44)46-19-24-17-45-18-24)38-33-35-11-10-29(37-33)25-4-9-28(34)31(12-25)48-23(3)15-43-20-36-40-41-43/h4,9-12,16,20-24,26-27H,5-8,13-15,17-19H2,1-3H3,(H,35,37,38)/t21-,22+,23-,26?,27?/m0/s1. The second kappa shape index (κ2) is 14.7. The summed E-state index contributed by atoms with van der Waals surface area (Å²) in [5, 5.41) is 20.1. The van der Waals surface area contributed by atoms with Gasteiger partial charge in [-0.3, -0.25) is 9.58 Å². The molecule has 7 rings (SSSR count). The maximum absolute atomic E-state index is 6.50. The molecule has 1 aliphatic carbocycles. The molecule has 15 heteroatoms. The first-order chi connectivity index (χ1) is 23.4. The van der Waals surface area contributed by atoms with Crippen molar-refractivity contribution in [3.05, 3.63) is 48.0 Å². The Labute approximate surface area is 285 Å². The van der Waals surface area contributed by atoms with Crippen LogP contribution in [0.4, 0.5) is 11.6 Å². The molecule has 3 atom stereocenters. The molecule has 0 radical (unpaired) electrons. The van der Waals surface area contributed by atoms with E-state index in [2.05, 4.69) is 49.3 Å². The number of morpholine rings is 1. The monoisotopic (exact) mass is 678 g/mol. The van der Waals surface area contributed by atoms with Gasteiger partial charge in [-0.2, -0.15) is 0 Å². The molecular weight excluding hydrogens is 636 g/mol. The Morgan fingerprint density at radius 2 is 1.85 bits per heavy atom. The molecule has 0 bridgehead atoms. The summed E-state index contributed by atoms with van der Waals surface area (Å²) in [7, 11) is 0. The molecule has 14 nitrogen and oxygen atoms in total. The van der Waals surface area contributed by atoms with E-state index in [0.29, 0.717) is 72.7 Å². The number of anilines is 2. The van der Waals surface area contributed by atoms with E-state index in [1.165, 1.54) is 0 Å². The Morgan fingerprint density at radius 1 is 1.06 bits per heavy atom. The van der Waals surface area contributed by atoms with Crippen LogP contribution in [0.15, 0.2) is 43.0 Å². The molecule has 1 N–H and O–H groups in total. The van der Waals surface area contributed by atoms with Gasteiger partial charge in [-0.1, -0.05) is 17.7 Å². The molecule has 1 aromatic carbocycles. The predicted octanol–water partition coefficient (Wildman–Crippen LogP) is 4.81. The molecule has 3 aromatic heterocycles. The lowest BCUT2D eigenvalue weighted by Crippen LogP contribution is -2.51. The van der Waals surface area contributed by atoms with Crippen molar-refractivity contribution in [2.75, 3.05) is 38.2 Å². The van der Waals surface area contributed by atoms with E-state index in [0.717, 1.165) is 50.0 Å². The first-order valence-electron chi connectivity index (χ1n) is 16.8. The molecule has 4 aromatic rings. The Balaban J connectivity index is 1.05. The lowest BCUT2D eigenvalue weighted by atomic mass is 9.89. The SMILES string of the molecule is C[C@@H]1CN(C2CCC(n3cc(Nc4nccc(-c5ccc(Cl)c(O[C@@H](C)Cn6cnnn6)c5)n4)c(OCC4COC4)n3)CC2)C[C@H](C)O1. The zero-order chi connectivity index (χ0) is 33.0. The van der Waals surface area contributed by atoms with Crippen molar-refractivity contribution in [3.63, 3.8) is 0 Å². The molecule has 3 fully saturated rings. The molecular formula is C33H43ClN10O4. The minimum absolute atomic E-state index is 0.216. The van der Waals surface area contributed by atoms with Gasteiger partial charge < -0.3 is 24.3 Å². The van der Waals surface area contributed by atoms with Crippen LogP contribution in [0.5, 0.6) is 11.6 Å². The average molecular weight is 679 g/mol. The fraction of sp³-hybridized carbons (Fsp3) is 0.576. The van der Waals surface area contributed by atoms with Crippen LogP contribution in [-0.4, -0.2) is 102 Å². The highest BCUT2D eigenvalue weighted by molar-refractivity contribution is 6.32.